The average Bonchev–Trinajstić information content (AvgIpc) is 2.43. The minimum absolute atomic E-state index is 0.507. The summed E-state index contributed by atoms with van der Waals surface area (Å²) in [4.78, 5) is 2.26. The van der Waals surface area contributed by atoms with E-state index in [1.165, 1.54) is 11.3 Å². The molecule has 2 N–H and O–H groups in total. The van der Waals surface area contributed by atoms with Crippen molar-refractivity contribution in [1.29, 1.82) is 0 Å². The second-order valence-corrected chi connectivity index (χ2v) is 4.43. The monoisotopic (exact) mass is 240 g/mol. The first-order valence-electron chi connectivity index (χ1n) is 4.43. The lowest BCUT2D eigenvalue weighted by Gasteiger charge is -2.11. The molecule has 1 aromatic rings. The zero-order valence-corrected chi connectivity index (χ0v) is 9.21. The summed E-state index contributed by atoms with van der Waals surface area (Å²) >= 11 is 3.48. The van der Waals surface area contributed by atoms with Gasteiger partial charge in [-0.1, -0.05) is 22.0 Å². The highest BCUT2D eigenvalue weighted by atomic mass is 79.9. The van der Waals surface area contributed by atoms with E-state index in [-0.39, 0.29) is 0 Å². The van der Waals surface area contributed by atoms with E-state index in [9.17, 15) is 0 Å². The van der Waals surface area contributed by atoms with Crippen molar-refractivity contribution in [3.05, 3.63) is 28.2 Å². The van der Waals surface area contributed by atoms with Crippen LogP contribution < -0.4 is 10.6 Å². The van der Waals surface area contributed by atoms with Crippen molar-refractivity contribution in [3.63, 3.8) is 0 Å². The van der Waals surface area contributed by atoms with Crippen molar-refractivity contribution in [2.45, 2.75) is 5.92 Å². The number of hydrogen-bond acceptors (Lipinski definition) is 2. The molecule has 2 rings (SSSR count). The van der Waals surface area contributed by atoms with Crippen molar-refractivity contribution in [1.82, 2.24) is 0 Å². The number of likely N-dealkylation sites (N-methyl/N-ethyl adjacent to an activating group) is 1. The molecule has 1 heterocycles. The van der Waals surface area contributed by atoms with Gasteiger partial charge in [-0.25, -0.2) is 0 Å². The molecule has 70 valence electrons. The zero-order valence-electron chi connectivity index (χ0n) is 7.63. The van der Waals surface area contributed by atoms with Crippen LogP contribution >= 0.6 is 15.9 Å². The summed E-state index contributed by atoms with van der Waals surface area (Å²) in [7, 11) is 2.11. The lowest BCUT2D eigenvalue weighted by atomic mass is 10.0. The Morgan fingerprint density at radius 1 is 1.62 bits per heavy atom. The van der Waals surface area contributed by atoms with Crippen LogP contribution in [0.3, 0.4) is 0 Å². The Bertz CT molecular complexity index is 325. The third-order valence-corrected chi connectivity index (χ3v) is 3.12. The number of halogens is 1. The van der Waals surface area contributed by atoms with E-state index in [1.54, 1.807) is 0 Å². The molecule has 2 nitrogen and oxygen atoms in total. The molecule has 0 spiro atoms. The quantitative estimate of drug-likeness (QED) is 0.814. The van der Waals surface area contributed by atoms with Crippen molar-refractivity contribution in [3.8, 4) is 0 Å². The van der Waals surface area contributed by atoms with Gasteiger partial charge in [-0.05, 0) is 17.7 Å². The summed E-state index contributed by atoms with van der Waals surface area (Å²) in [5.41, 5.74) is 8.40. The van der Waals surface area contributed by atoms with Crippen LogP contribution in [0, 0.1) is 0 Å². The molecule has 3 heteroatoms. The summed E-state index contributed by atoms with van der Waals surface area (Å²) in [5.74, 6) is 0.507. The summed E-state index contributed by atoms with van der Waals surface area (Å²) in [6, 6.07) is 6.41. The number of hydrogen-bond donors (Lipinski definition) is 1. The molecule has 0 saturated carbocycles. The van der Waals surface area contributed by atoms with Crippen LogP contribution in [0.1, 0.15) is 11.5 Å². The third-order valence-electron chi connectivity index (χ3n) is 2.62. The molecule has 0 aromatic heterocycles. The summed E-state index contributed by atoms with van der Waals surface area (Å²) < 4.78 is 1.13. The van der Waals surface area contributed by atoms with E-state index in [2.05, 4.69) is 46.1 Å². The van der Waals surface area contributed by atoms with Gasteiger partial charge in [0.15, 0.2) is 0 Å². The molecule has 1 atom stereocenters. The van der Waals surface area contributed by atoms with Crippen LogP contribution in [-0.4, -0.2) is 20.1 Å². The fraction of sp³-hybridized carbons (Fsp3) is 0.400. The van der Waals surface area contributed by atoms with Gasteiger partial charge < -0.3 is 10.6 Å². The van der Waals surface area contributed by atoms with Gasteiger partial charge in [0.2, 0.25) is 0 Å². The van der Waals surface area contributed by atoms with Gasteiger partial charge in [0.1, 0.15) is 0 Å². The molecule has 13 heavy (non-hydrogen) atoms. The minimum atomic E-state index is 0.507. The van der Waals surface area contributed by atoms with Crippen LogP contribution in [0.5, 0.6) is 0 Å². The maximum atomic E-state index is 5.71. The highest BCUT2D eigenvalue weighted by Gasteiger charge is 2.24. The molecule has 1 unspecified atom stereocenters. The predicted octanol–water partition coefficient (Wildman–Crippen LogP) is 1.94. The van der Waals surface area contributed by atoms with Crippen LogP contribution in [0.4, 0.5) is 5.69 Å². The fourth-order valence-electron chi connectivity index (χ4n) is 1.92. The lowest BCUT2D eigenvalue weighted by molar-refractivity contribution is 0.730. The maximum absolute atomic E-state index is 5.71. The van der Waals surface area contributed by atoms with E-state index < -0.39 is 0 Å². The van der Waals surface area contributed by atoms with Crippen LogP contribution in [-0.2, 0) is 0 Å². The van der Waals surface area contributed by atoms with Gasteiger partial charge in [0, 0.05) is 36.2 Å². The molecule has 0 amide bonds. The lowest BCUT2D eigenvalue weighted by Crippen LogP contribution is -2.20. The Balaban J connectivity index is 2.46. The number of benzene rings is 1. The highest BCUT2D eigenvalue weighted by Crippen LogP contribution is 2.36. The van der Waals surface area contributed by atoms with Crippen molar-refractivity contribution < 1.29 is 0 Å². The second kappa shape index (κ2) is 3.31. The number of nitrogens with zero attached hydrogens (tertiary/aromatic N) is 1. The van der Waals surface area contributed by atoms with E-state index in [1.807, 2.05) is 0 Å². The number of nitrogens with two attached hydrogens (primary N) is 1. The topological polar surface area (TPSA) is 29.3 Å². The van der Waals surface area contributed by atoms with E-state index in [0.717, 1.165) is 17.6 Å². The predicted molar refractivity (Wildman–Crippen MR) is 59.2 cm³/mol. The van der Waals surface area contributed by atoms with Gasteiger partial charge in [-0.2, -0.15) is 0 Å². The molecule has 1 aromatic carbocycles. The summed E-state index contributed by atoms with van der Waals surface area (Å²) in [5, 5.41) is 0. The number of rotatable bonds is 1. The third kappa shape index (κ3) is 1.46. The Hall–Kier alpha value is -0.540. The molecular formula is C10H13BrN2. The molecule has 0 aliphatic carbocycles. The molecule has 0 radical (unpaired) electrons. The first-order valence-corrected chi connectivity index (χ1v) is 5.22. The Kier molecular flexibility index (Phi) is 2.30. The highest BCUT2D eigenvalue weighted by molar-refractivity contribution is 9.10. The van der Waals surface area contributed by atoms with Gasteiger partial charge >= 0.3 is 0 Å². The molecule has 0 fully saturated rings. The molecular weight excluding hydrogens is 228 g/mol. The van der Waals surface area contributed by atoms with Crippen LogP contribution in [0.2, 0.25) is 0 Å². The fourth-order valence-corrected chi connectivity index (χ4v) is 2.27. The van der Waals surface area contributed by atoms with Gasteiger partial charge in [-0.15, -0.1) is 0 Å². The Morgan fingerprint density at radius 3 is 3.08 bits per heavy atom. The van der Waals surface area contributed by atoms with Gasteiger partial charge in [0.25, 0.3) is 0 Å². The second-order valence-electron chi connectivity index (χ2n) is 3.52. The maximum Gasteiger partial charge on any atom is 0.0411 e. The molecule has 1 aliphatic heterocycles. The number of anilines is 1. The Labute approximate surface area is 86.9 Å². The first kappa shape index (κ1) is 9.03. The van der Waals surface area contributed by atoms with Gasteiger partial charge in [-0.3, -0.25) is 0 Å². The smallest absolute Gasteiger partial charge is 0.0411 e. The van der Waals surface area contributed by atoms with Crippen molar-refractivity contribution >= 4 is 21.6 Å². The summed E-state index contributed by atoms with van der Waals surface area (Å²) in [6.45, 7) is 1.78. The average molecular weight is 241 g/mol. The van der Waals surface area contributed by atoms with Crippen LogP contribution in [0.25, 0.3) is 0 Å². The SMILES string of the molecule is CN1CC(CN)c2ccc(Br)cc21. The minimum Gasteiger partial charge on any atom is -0.374 e. The van der Waals surface area contributed by atoms with E-state index in [0.29, 0.717) is 5.92 Å². The van der Waals surface area contributed by atoms with E-state index >= 15 is 0 Å². The summed E-state index contributed by atoms with van der Waals surface area (Å²) in [6.07, 6.45) is 0. The van der Waals surface area contributed by atoms with Crippen molar-refractivity contribution in [2.75, 3.05) is 25.0 Å². The van der Waals surface area contributed by atoms with Crippen LogP contribution in [0.15, 0.2) is 22.7 Å². The largest absolute Gasteiger partial charge is 0.374 e. The molecule has 0 bridgehead atoms. The van der Waals surface area contributed by atoms with E-state index in [4.69, 9.17) is 5.73 Å². The zero-order chi connectivity index (χ0) is 9.42. The number of fused-ring (bicyclic) bond motifs is 1. The standard InChI is InChI=1S/C10H13BrN2/c1-13-6-7(5-12)9-3-2-8(11)4-10(9)13/h2-4,7H,5-6,12H2,1H3. The molecule has 1 aliphatic rings. The Morgan fingerprint density at radius 2 is 2.38 bits per heavy atom. The molecule has 0 saturated heterocycles. The van der Waals surface area contributed by atoms with Gasteiger partial charge in [0.05, 0.1) is 0 Å². The normalized spacial score (nSPS) is 20.5. The first-order chi connectivity index (χ1) is 6.22. The van der Waals surface area contributed by atoms with Crippen molar-refractivity contribution in [2.24, 2.45) is 5.73 Å².